The van der Waals surface area contributed by atoms with Gasteiger partial charge in [0.05, 0.1) is 24.1 Å². The third-order valence-electron chi connectivity index (χ3n) is 5.82. The maximum atomic E-state index is 14.3. The summed E-state index contributed by atoms with van der Waals surface area (Å²) in [6.45, 7) is 8.35. The minimum absolute atomic E-state index is 0.0416. The lowest BCUT2D eigenvalue weighted by molar-refractivity contribution is -0.117. The number of carbonyl (C=O) groups is 2. The van der Waals surface area contributed by atoms with E-state index >= 15 is 0 Å². The number of methoxy groups -OCH3 is 1. The molecule has 0 spiro atoms. The van der Waals surface area contributed by atoms with Crippen molar-refractivity contribution in [2.24, 2.45) is 0 Å². The van der Waals surface area contributed by atoms with E-state index in [4.69, 9.17) is 9.84 Å². The number of hydrogen-bond donors (Lipinski definition) is 1. The fourth-order valence-electron chi connectivity index (χ4n) is 3.72. The number of anilines is 1. The summed E-state index contributed by atoms with van der Waals surface area (Å²) in [4.78, 5) is 27.7. The lowest BCUT2D eigenvalue weighted by atomic mass is 9.92. The van der Waals surface area contributed by atoms with Crippen LogP contribution in [-0.4, -0.2) is 46.7 Å². The van der Waals surface area contributed by atoms with Gasteiger partial charge >= 0.3 is 0 Å². The smallest absolute Gasteiger partial charge is 0.257 e. The SMILES string of the molecule is CCCCCN(CC(=O)Nc1cc(C(C)(C)C)nn1-c1ccc(OC)cc1)C(=O)c1ccccc1F. The number of carbonyl (C=O) groups excluding carboxylic acids is 2. The summed E-state index contributed by atoms with van der Waals surface area (Å²) in [5.74, 6) is -0.288. The second-order valence-electron chi connectivity index (χ2n) is 9.74. The van der Waals surface area contributed by atoms with Crippen molar-refractivity contribution in [3.8, 4) is 11.4 Å². The average molecular weight is 495 g/mol. The molecule has 1 N–H and O–H groups in total. The second kappa shape index (κ2) is 11.8. The summed E-state index contributed by atoms with van der Waals surface area (Å²) >= 11 is 0. The molecule has 0 bridgehead atoms. The zero-order valence-electron chi connectivity index (χ0n) is 21.7. The standard InChI is InChI=1S/C28H35FN4O3/c1-6-7-10-17-32(27(35)22-11-8-9-12-23(22)29)19-26(34)30-25-18-24(28(2,3)4)31-33(25)20-13-15-21(36-5)16-14-20/h8-9,11-16,18H,6-7,10,17,19H2,1-5H3,(H,30,34). The van der Waals surface area contributed by atoms with E-state index in [1.54, 1.807) is 17.9 Å². The van der Waals surface area contributed by atoms with Gasteiger partial charge in [-0.1, -0.05) is 52.7 Å². The molecule has 2 aromatic carbocycles. The molecule has 0 radical (unpaired) electrons. The van der Waals surface area contributed by atoms with Crippen molar-refractivity contribution in [1.29, 1.82) is 0 Å². The number of nitrogens with zero attached hydrogens (tertiary/aromatic N) is 3. The van der Waals surface area contributed by atoms with Crippen molar-refractivity contribution < 1.29 is 18.7 Å². The number of aromatic nitrogens is 2. The van der Waals surface area contributed by atoms with Gasteiger partial charge in [0, 0.05) is 18.0 Å². The number of nitrogens with one attached hydrogen (secondary N) is 1. The number of rotatable bonds is 10. The van der Waals surface area contributed by atoms with Gasteiger partial charge in [-0.2, -0.15) is 5.10 Å². The van der Waals surface area contributed by atoms with Crippen molar-refractivity contribution in [3.05, 3.63) is 71.7 Å². The Morgan fingerprint density at radius 3 is 2.39 bits per heavy atom. The molecule has 0 aliphatic rings. The second-order valence-corrected chi connectivity index (χ2v) is 9.74. The van der Waals surface area contributed by atoms with Crippen LogP contribution in [0.4, 0.5) is 10.2 Å². The van der Waals surface area contributed by atoms with Gasteiger partial charge < -0.3 is 15.0 Å². The van der Waals surface area contributed by atoms with E-state index in [9.17, 15) is 14.0 Å². The molecule has 36 heavy (non-hydrogen) atoms. The minimum atomic E-state index is -0.601. The first-order valence-electron chi connectivity index (χ1n) is 12.2. The van der Waals surface area contributed by atoms with Gasteiger partial charge in [0.15, 0.2) is 0 Å². The Balaban J connectivity index is 1.86. The molecule has 192 valence electrons. The Labute approximate surface area is 212 Å². The minimum Gasteiger partial charge on any atom is -0.497 e. The lowest BCUT2D eigenvalue weighted by Gasteiger charge is -2.22. The molecule has 3 aromatic rings. The van der Waals surface area contributed by atoms with Gasteiger partial charge in [-0.05, 0) is 42.8 Å². The monoisotopic (exact) mass is 494 g/mol. The molecule has 1 heterocycles. The summed E-state index contributed by atoms with van der Waals surface area (Å²) in [5.41, 5.74) is 1.27. The van der Waals surface area contributed by atoms with Crippen LogP contribution in [0.25, 0.3) is 5.69 Å². The molecule has 0 unspecified atom stereocenters. The number of hydrogen-bond acceptors (Lipinski definition) is 4. The predicted molar refractivity (Wildman–Crippen MR) is 139 cm³/mol. The van der Waals surface area contributed by atoms with Crippen LogP contribution < -0.4 is 10.1 Å². The molecule has 7 nitrogen and oxygen atoms in total. The molecule has 0 fully saturated rings. The van der Waals surface area contributed by atoms with E-state index in [0.717, 1.165) is 30.6 Å². The molecule has 0 atom stereocenters. The first-order chi connectivity index (χ1) is 17.1. The summed E-state index contributed by atoms with van der Waals surface area (Å²) in [7, 11) is 1.60. The van der Waals surface area contributed by atoms with E-state index in [1.807, 2.05) is 51.1 Å². The summed E-state index contributed by atoms with van der Waals surface area (Å²) in [6, 6.07) is 15.0. The first kappa shape index (κ1) is 26.9. The molecule has 0 saturated carbocycles. The van der Waals surface area contributed by atoms with Gasteiger partial charge in [0.1, 0.15) is 23.9 Å². The van der Waals surface area contributed by atoms with Crippen LogP contribution in [-0.2, 0) is 10.2 Å². The average Bonchev–Trinajstić information content (AvgIpc) is 3.27. The van der Waals surface area contributed by atoms with E-state index in [2.05, 4.69) is 12.2 Å². The van der Waals surface area contributed by atoms with E-state index in [-0.39, 0.29) is 23.4 Å². The van der Waals surface area contributed by atoms with E-state index < -0.39 is 11.7 Å². The van der Waals surface area contributed by atoms with Crippen LogP contribution in [0.15, 0.2) is 54.6 Å². The summed E-state index contributed by atoms with van der Waals surface area (Å²) in [5, 5.41) is 7.64. The Hall–Kier alpha value is -3.68. The third kappa shape index (κ3) is 6.71. The highest BCUT2D eigenvalue weighted by Crippen LogP contribution is 2.27. The van der Waals surface area contributed by atoms with Crippen LogP contribution in [0.1, 0.15) is 63.0 Å². The highest BCUT2D eigenvalue weighted by Gasteiger charge is 2.24. The molecule has 0 aliphatic heterocycles. The molecule has 3 rings (SSSR count). The molecular formula is C28H35FN4O3. The highest BCUT2D eigenvalue weighted by molar-refractivity contribution is 5.99. The Kier molecular flexibility index (Phi) is 8.85. The lowest BCUT2D eigenvalue weighted by Crippen LogP contribution is -2.39. The zero-order valence-corrected chi connectivity index (χ0v) is 21.7. The molecule has 8 heteroatoms. The summed E-state index contributed by atoms with van der Waals surface area (Å²) in [6.07, 6.45) is 2.59. The maximum Gasteiger partial charge on any atom is 0.257 e. The van der Waals surface area contributed by atoms with E-state index in [1.165, 1.54) is 23.1 Å². The third-order valence-corrected chi connectivity index (χ3v) is 5.82. The number of amides is 2. The van der Waals surface area contributed by atoms with Crippen molar-refractivity contribution in [3.63, 3.8) is 0 Å². The molecular weight excluding hydrogens is 459 g/mol. The Morgan fingerprint density at radius 2 is 1.78 bits per heavy atom. The van der Waals surface area contributed by atoms with Crippen LogP contribution >= 0.6 is 0 Å². The van der Waals surface area contributed by atoms with Crippen molar-refractivity contribution in [2.75, 3.05) is 25.5 Å². The summed E-state index contributed by atoms with van der Waals surface area (Å²) < 4.78 is 21.2. The Bertz CT molecular complexity index is 1180. The fourth-order valence-corrected chi connectivity index (χ4v) is 3.72. The predicted octanol–water partition coefficient (Wildman–Crippen LogP) is 5.59. The number of ether oxygens (including phenoxy) is 1. The van der Waals surface area contributed by atoms with Gasteiger partial charge in [0.2, 0.25) is 5.91 Å². The quantitative estimate of drug-likeness (QED) is 0.373. The fraction of sp³-hybridized carbons (Fsp3) is 0.393. The van der Waals surface area contributed by atoms with Gasteiger partial charge in [0.25, 0.3) is 5.91 Å². The topological polar surface area (TPSA) is 76.5 Å². The number of benzene rings is 2. The largest absolute Gasteiger partial charge is 0.497 e. The molecule has 0 saturated heterocycles. The number of halogens is 1. The van der Waals surface area contributed by atoms with Gasteiger partial charge in [-0.15, -0.1) is 0 Å². The Morgan fingerprint density at radius 1 is 1.08 bits per heavy atom. The van der Waals surface area contributed by atoms with Crippen LogP contribution in [0.2, 0.25) is 0 Å². The van der Waals surface area contributed by atoms with Crippen LogP contribution in [0.5, 0.6) is 5.75 Å². The highest BCUT2D eigenvalue weighted by atomic mass is 19.1. The maximum absolute atomic E-state index is 14.3. The van der Waals surface area contributed by atoms with Crippen molar-refractivity contribution >= 4 is 17.6 Å². The molecule has 0 aliphatic carbocycles. The number of unbranched alkanes of at least 4 members (excludes halogenated alkanes) is 2. The van der Waals surface area contributed by atoms with Crippen LogP contribution in [0.3, 0.4) is 0 Å². The van der Waals surface area contributed by atoms with Crippen molar-refractivity contribution in [2.45, 2.75) is 52.4 Å². The molecule has 2 amide bonds. The first-order valence-corrected chi connectivity index (χ1v) is 12.2. The molecule has 1 aromatic heterocycles. The van der Waals surface area contributed by atoms with Gasteiger partial charge in [-0.25, -0.2) is 9.07 Å². The van der Waals surface area contributed by atoms with E-state index in [0.29, 0.717) is 18.1 Å². The van der Waals surface area contributed by atoms with Gasteiger partial charge in [-0.3, -0.25) is 9.59 Å². The van der Waals surface area contributed by atoms with Crippen molar-refractivity contribution in [1.82, 2.24) is 14.7 Å². The normalized spacial score (nSPS) is 11.3. The zero-order chi connectivity index (χ0) is 26.3. The van der Waals surface area contributed by atoms with Crippen LogP contribution in [0, 0.1) is 5.82 Å².